The third-order valence-electron chi connectivity index (χ3n) is 11.2. The smallest absolute Gasteiger partial charge is 0.0799 e. The van der Waals surface area contributed by atoms with Gasteiger partial charge in [-0.25, -0.2) is 0 Å². The third-order valence-corrected chi connectivity index (χ3v) is 11.2. The maximum absolute atomic E-state index is 3.51. The number of hydrogen-bond donors (Lipinski definition) is 0. The highest BCUT2D eigenvalue weighted by molar-refractivity contribution is 6.24. The molecule has 50 heavy (non-hydrogen) atoms. The van der Waals surface area contributed by atoms with Crippen LogP contribution in [0.5, 0.6) is 0 Å². The van der Waals surface area contributed by atoms with Crippen LogP contribution in [0, 0.1) is 0 Å². The summed E-state index contributed by atoms with van der Waals surface area (Å²) in [6.07, 6.45) is 15.9. The first-order chi connectivity index (χ1) is 24.8. The molecule has 234 valence electrons. The molecule has 0 spiro atoms. The van der Waals surface area contributed by atoms with Gasteiger partial charge in [-0.1, -0.05) is 140 Å². The van der Waals surface area contributed by atoms with E-state index < -0.39 is 0 Å². The van der Waals surface area contributed by atoms with Crippen molar-refractivity contribution in [3.8, 4) is 0 Å². The van der Waals surface area contributed by atoms with Crippen molar-refractivity contribution < 1.29 is 0 Å². The largest absolute Gasteiger partial charge is 0.333 e. The molecule has 0 bridgehead atoms. The third kappa shape index (κ3) is 3.86. The maximum atomic E-state index is 3.51. The molecule has 2 aliphatic heterocycles. The summed E-state index contributed by atoms with van der Waals surface area (Å²) in [6, 6.07) is 49.5. The van der Waals surface area contributed by atoms with Crippen LogP contribution in [0.15, 0.2) is 170 Å². The van der Waals surface area contributed by atoms with Crippen LogP contribution in [0.4, 0.5) is 17.1 Å². The minimum absolute atomic E-state index is 0.125. The van der Waals surface area contributed by atoms with E-state index in [1.807, 2.05) is 6.08 Å². The number of allylic oxidation sites excluding steroid dienone is 3. The highest BCUT2D eigenvalue weighted by Gasteiger charge is 2.41. The van der Waals surface area contributed by atoms with Crippen molar-refractivity contribution in [2.75, 3.05) is 9.80 Å². The molecule has 0 saturated carbocycles. The van der Waals surface area contributed by atoms with Crippen molar-refractivity contribution in [2.45, 2.75) is 18.0 Å². The normalized spacial score (nSPS) is 19.6. The Balaban J connectivity index is 1.08. The standard InChI is InChI=1S/C48H32N2/c1-2-13-33(14-3-1)44-30-45(50(44)42-23-11-16-31-15-10-21-36(31)42)34-24-27-35(28-25-34)49-43-22-9-8-20-41(43)47-46-37-17-5-4-12-32(37)26-29-39(46)38-18-6-7-19-40(38)48(47)49/h1-20,22-30,41,43,45H. The quantitative estimate of drug-likeness (QED) is 0.177. The number of hydrogen-bond acceptors (Lipinski definition) is 2. The summed E-state index contributed by atoms with van der Waals surface area (Å²) in [5, 5.41) is 10.3. The van der Waals surface area contributed by atoms with Crippen LogP contribution < -0.4 is 20.2 Å². The predicted molar refractivity (Wildman–Crippen MR) is 210 cm³/mol. The molecule has 2 heterocycles. The van der Waals surface area contributed by atoms with Gasteiger partial charge in [0.05, 0.1) is 23.5 Å². The highest BCUT2D eigenvalue weighted by Crippen LogP contribution is 2.55. The Bertz CT molecular complexity index is 2820. The zero-order valence-corrected chi connectivity index (χ0v) is 27.4. The van der Waals surface area contributed by atoms with Gasteiger partial charge in [0.25, 0.3) is 0 Å². The van der Waals surface area contributed by atoms with Gasteiger partial charge in [0, 0.05) is 27.9 Å². The molecule has 4 aliphatic rings. The summed E-state index contributed by atoms with van der Waals surface area (Å²) in [7, 11) is 0. The Hall–Kier alpha value is -6.34. The maximum Gasteiger partial charge on any atom is 0.0799 e. The summed E-state index contributed by atoms with van der Waals surface area (Å²) < 4.78 is 0. The summed E-state index contributed by atoms with van der Waals surface area (Å²) in [6.45, 7) is 0. The minimum Gasteiger partial charge on any atom is -0.333 e. The lowest BCUT2D eigenvalue weighted by molar-refractivity contribution is 0.747. The van der Waals surface area contributed by atoms with Gasteiger partial charge in [0.15, 0.2) is 0 Å². The molecule has 0 aromatic heterocycles. The Labute approximate surface area is 290 Å². The van der Waals surface area contributed by atoms with E-state index in [2.05, 4.69) is 185 Å². The van der Waals surface area contributed by atoms with Crippen molar-refractivity contribution in [3.63, 3.8) is 0 Å². The molecule has 0 radical (unpaired) electrons. The Kier molecular flexibility index (Phi) is 5.84. The van der Waals surface area contributed by atoms with Gasteiger partial charge in [0.2, 0.25) is 0 Å². The van der Waals surface area contributed by atoms with Crippen LogP contribution in [0.1, 0.15) is 28.7 Å². The molecule has 0 saturated heterocycles. The van der Waals surface area contributed by atoms with Crippen molar-refractivity contribution in [2.24, 2.45) is 0 Å². The van der Waals surface area contributed by atoms with Crippen LogP contribution in [0.2, 0.25) is 0 Å². The molecule has 0 fully saturated rings. The zero-order valence-electron chi connectivity index (χ0n) is 27.4. The topological polar surface area (TPSA) is 6.48 Å². The molecule has 0 amide bonds. The molecule has 3 unspecified atom stereocenters. The number of nitrogens with zero attached hydrogens (tertiary/aromatic N) is 2. The lowest BCUT2D eigenvalue weighted by Gasteiger charge is -2.42. The Morgan fingerprint density at radius 3 is 2.24 bits per heavy atom. The molecule has 2 heteroatoms. The van der Waals surface area contributed by atoms with E-state index in [-0.39, 0.29) is 18.0 Å². The molecular weight excluding hydrogens is 605 g/mol. The van der Waals surface area contributed by atoms with Gasteiger partial charge in [0.1, 0.15) is 0 Å². The lowest BCUT2D eigenvalue weighted by Crippen LogP contribution is -2.40. The molecule has 7 aromatic rings. The molecule has 2 nitrogen and oxygen atoms in total. The van der Waals surface area contributed by atoms with Gasteiger partial charge in [-0.15, -0.1) is 5.73 Å². The molecule has 11 rings (SSSR count). The summed E-state index contributed by atoms with van der Waals surface area (Å²) in [4.78, 5) is 5.10. The fourth-order valence-corrected chi connectivity index (χ4v) is 8.96. The van der Waals surface area contributed by atoms with Crippen molar-refractivity contribution in [1.82, 2.24) is 0 Å². The van der Waals surface area contributed by atoms with Crippen molar-refractivity contribution >= 4 is 66.9 Å². The van der Waals surface area contributed by atoms with Crippen LogP contribution in [0.3, 0.4) is 0 Å². The van der Waals surface area contributed by atoms with Crippen LogP contribution in [-0.4, -0.2) is 6.04 Å². The first-order valence-corrected chi connectivity index (χ1v) is 17.6. The summed E-state index contributed by atoms with van der Waals surface area (Å²) in [5.41, 5.74) is 12.4. The SMILES string of the molecule is C1=CC=c2cccc(N3C(c4ccccc4)=CC3c3ccc(N4c5c(c6c7ccccc7ccc6c6ccccc56)C5C=CC=CC54)cc3)c2=1. The number of benzene rings is 7. The van der Waals surface area contributed by atoms with Gasteiger partial charge in [-0.3, -0.25) is 0 Å². The van der Waals surface area contributed by atoms with E-state index in [1.54, 1.807) is 0 Å². The van der Waals surface area contributed by atoms with Crippen LogP contribution in [-0.2, 0) is 0 Å². The number of fused-ring (bicyclic) bond motifs is 11. The van der Waals surface area contributed by atoms with E-state index in [4.69, 9.17) is 0 Å². The average molecular weight is 637 g/mol. The Morgan fingerprint density at radius 2 is 1.36 bits per heavy atom. The van der Waals surface area contributed by atoms with E-state index >= 15 is 0 Å². The first-order valence-electron chi connectivity index (χ1n) is 17.6. The molecule has 0 N–H and O–H groups in total. The second kappa shape index (κ2) is 10.6. The number of rotatable bonds is 4. The molecule has 2 aliphatic carbocycles. The number of anilines is 3. The minimum atomic E-state index is 0.125. The van der Waals surface area contributed by atoms with Gasteiger partial charge in [-0.2, -0.15) is 0 Å². The second-order valence-corrected chi connectivity index (χ2v) is 13.7. The molecular formula is C48H32N2. The van der Waals surface area contributed by atoms with E-state index in [0.717, 1.165) is 0 Å². The van der Waals surface area contributed by atoms with Gasteiger partial charge >= 0.3 is 0 Å². The zero-order chi connectivity index (χ0) is 32.8. The average Bonchev–Trinajstić information content (AvgIpc) is 3.79. The first kappa shape index (κ1) is 27.6. The molecule has 7 aromatic carbocycles. The van der Waals surface area contributed by atoms with Crippen molar-refractivity contribution in [1.29, 1.82) is 0 Å². The highest BCUT2D eigenvalue weighted by atomic mass is 15.2. The summed E-state index contributed by atoms with van der Waals surface area (Å²) in [5.74, 6) is 0.257. The lowest BCUT2D eigenvalue weighted by atomic mass is 9.84. The van der Waals surface area contributed by atoms with E-state index in [1.165, 1.54) is 82.2 Å². The second-order valence-electron chi connectivity index (χ2n) is 13.7. The van der Waals surface area contributed by atoms with E-state index in [0.29, 0.717) is 0 Å². The van der Waals surface area contributed by atoms with Gasteiger partial charge < -0.3 is 9.80 Å². The Morgan fingerprint density at radius 1 is 0.580 bits per heavy atom. The fraction of sp³-hybridized carbons (Fsp3) is 0.0625. The van der Waals surface area contributed by atoms with Gasteiger partial charge in [-0.05, 0) is 85.3 Å². The summed E-state index contributed by atoms with van der Waals surface area (Å²) >= 11 is 0. The predicted octanol–water partition coefficient (Wildman–Crippen LogP) is 10.2. The van der Waals surface area contributed by atoms with Crippen molar-refractivity contribution in [3.05, 3.63) is 197 Å². The van der Waals surface area contributed by atoms with Crippen LogP contribution in [0.25, 0.3) is 49.8 Å². The monoisotopic (exact) mass is 636 g/mol. The van der Waals surface area contributed by atoms with Crippen LogP contribution >= 0.6 is 0 Å². The fourth-order valence-electron chi connectivity index (χ4n) is 8.96. The van der Waals surface area contributed by atoms with E-state index in [9.17, 15) is 0 Å². The molecule has 3 atom stereocenters.